The second kappa shape index (κ2) is 6.36. The molecule has 0 bridgehead atoms. The van der Waals surface area contributed by atoms with Gasteiger partial charge in [-0.15, -0.1) is 0 Å². The molecule has 0 heterocycles. The third kappa shape index (κ3) is 3.06. The smallest absolute Gasteiger partial charge is 0.0327 e. The fourth-order valence-electron chi connectivity index (χ4n) is 3.90. The largest absolute Gasteiger partial charge is 0.330 e. The van der Waals surface area contributed by atoms with Crippen molar-refractivity contribution in [1.82, 2.24) is 10.2 Å². The van der Waals surface area contributed by atoms with E-state index in [4.69, 9.17) is 5.73 Å². The first kappa shape index (κ1) is 14.3. The van der Waals surface area contributed by atoms with E-state index in [2.05, 4.69) is 24.3 Å². The molecule has 3 N–H and O–H groups in total. The SMILES string of the molecule is CN(C)C1(CNC2CCCC2CN)CCCCC1. The van der Waals surface area contributed by atoms with Gasteiger partial charge in [-0.25, -0.2) is 0 Å². The topological polar surface area (TPSA) is 41.3 Å². The van der Waals surface area contributed by atoms with Crippen LogP contribution in [0.2, 0.25) is 0 Å². The standard InChI is InChI=1S/C15H31N3/c1-18(2)15(9-4-3-5-10-15)12-17-14-8-6-7-13(14)11-16/h13-14,17H,3-12,16H2,1-2H3. The van der Waals surface area contributed by atoms with Crippen molar-refractivity contribution >= 4 is 0 Å². The predicted molar refractivity (Wildman–Crippen MR) is 77.7 cm³/mol. The van der Waals surface area contributed by atoms with Crippen molar-refractivity contribution in [3.05, 3.63) is 0 Å². The molecule has 2 fully saturated rings. The van der Waals surface area contributed by atoms with Crippen LogP contribution >= 0.6 is 0 Å². The second-order valence-corrected chi connectivity index (χ2v) is 6.59. The first-order valence-electron chi connectivity index (χ1n) is 7.79. The number of rotatable bonds is 5. The third-order valence-electron chi connectivity index (χ3n) is 5.39. The molecule has 2 unspecified atom stereocenters. The molecule has 0 spiro atoms. The number of likely N-dealkylation sites (N-methyl/N-ethyl adjacent to an activating group) is 1. The van der Waals surface area contributed by atoms with E-state index < -0.39 is 0 Å². The van der Waals surface area contributed by atoms with Crippen molar-refractivity contribution in [2.75, 3.05) is 27.2 Å². The second-order valence-electron chi connectivity index (χ2n) is 6.59. The summed E-state index contributed by atoms with van der Waals surface area (Å²) in [6.07, 6.45) is 10.9. The van der Waals surface area contributed by atoms with Crippen molar-refractivity contribution in [3.8, 4) is 0 Å². The van der Waals surface area contributed by atoms with Crippen LogP contribution in [-0.4, -0.2) is 43.7 Å². The molecule has 18 heavy (non-hydrogen) atoms. The number of hydrogen-bond acceptors (Lipinski definition) is 3. The molecular formula is C15H31N3. The van der Waals surface area contributed by atoms with Gasteiger partial charge >= 0.3 is 0 Å². The minimum absolute atomic E-state index is 0.403. The van der Waals surface area contributed by atoms with Gasteiger partial charge in [0.25, 0.3) is 0 Å². The van der Waals surface area contributed by atoms with E-state index in [-0.39, 0.29) is 0 Å². The molecule has 0 saturated heterocycles. The minimum atomic E-state index is 0.403. The van der Waals surface area contributed by atoms with Crippen molar-refractivity contribution in [3.63, 3.8) is 0 Å². The molecule has 0 amide bonds. The number of nitrogens with one attached hydrogen (secondary N) is 1. The molecule has 3 nitrogen and oxygen atoms in total. The zero-order valence-electron chi connectivity index (χ0n) is 12.3. The summed E-state index contributed by atoms with van der Waals surface area (Å²) in [5, 5.41) is 3.85. The van der Waals surface area contributed by atoms with Gasteiger partial charge in [-0.1, -0.05) is 25.7 Å². The maximum Gasteiger partial charge on any atom is 0.0327 e. The fraction of sp³-hybridized carbons (Fsp3) is 1.00. The van der Waals surface area contributed by atoms with E-state index >= 15 is 0 Å². The Kier molecular flexibility index (Phi) is 5.05. The zero-order chi connectivity index (χ0) is 13.0. The van der Waals surface area contributed by atoms with Crippen molar-refractivity contribution in [1.29, 1.82) is 0 Å². The molecule has 0 radical (unpaired) electrons. The van der Waals surface area contributed by atoms with Gasteiger partial charge in [-0.2, -0.15) is 0 Å². The summed E-state index contributed by atoms with van der Waals surface area (Å²) in [4.78, 5) is 2.46. The van der Waals surface area contributed by atoms with Crippen LogP contribution < -0.4 is 11.1 Å². The minimum Gasteiger partial charge on any atom is -0.330 e. The Hall–Kier alpha value is -0.120. The van der Waals surface area contributed by atoms with Gasteiger partial charge in [0.1, 0.15) is 0 Å². The molecular weight excluding hydrogens is 222 g/mol. The summed E-state index contributed by atoms with van der Waals surface area (Å²) >= 11 is 0. The number of nitrogens with zero attached hydrogens (tertiary/aromatic N) is 1. The van der Waals surface area contributed by atoms with Gasteiger partial charge in [0.15, 0.2) is 0 Å². The molecule has 0 aromatic carbocycles. The summed E-state index contributed by atoms with van der Waals surface area (Å²) in [7, 11) is 4.50. The van der Waals surface area contributed by atoms with Crippen LogP contribution in [0.15, 0.2) is 0 Å². The quantitative estimate of drug-likeness (QED) is 0.787. The van der Waals surface area contributed by atoms with Crippen LogP contribution in [0, 0.1) is 5.92 Å². The lowest BCUT2D eigenvalue weighted by molar-refractivity contribution is 0.0933. The molecule has 2 atom stereocenters. The highest BCUT2D eigenvalue weighted by Crippen LogP contribution is 2.33. The van der Waals surface area contributed by atoms with E-state index in [1.165, 1.54) is 51.4 Å². The summed E-state index contributed by atoms with van der Waals surface area (Å²) < 4.78 is 0. The highest BCUT2D eigenvalue weighted by Gasteiger charge is 2.35. The van der Waals surface area contributed by atoms with E-state index in [9.17, 15) is 0 Å². The molecule has 2 aliphatic rings. The summed E-state index contributed by atoms with van der Waals surface area (Å²) in [5.74, 6) is 0.716. The van der Waals surface area contributed by atoms with Crippen molar-refractivity contribution in [2.24, 2.45) is 11.7 Å². The average Bonchev–Trinajstić information content (AvgIpc) is 2.84. The Labute approximate surface area is 112 Å². The van der Waals surface area contributed by atoms with Crippen molar-refractivity contribution in [2.45, 2.75) is 62.9 Å². The molecule has 0 aromatic rings. The molecule has 3 heteroatoms. The average molecular weight is 253 g/mol. The lowest BCUT2D eigenvalue weighted by Crippen LogP contribution is -2.55. The Morgan fingerprint density at radius 3 is 2.44 bits per heavy atom. The van der Waals surface area contributed by atoms with Crippen LogP contribution in [-0.2, 0) is 0 Å². The zero-order valence-corrected chi connectivity index (χ0v) is 12.3. The molecule has 0 aromatic heterocycles. The monoisotopic (exact) mass is 253 g/mol. The maximum atomic E-state index is 5.88. The van der Waals surface area contributed by atoms with Crippen LogP contribution in [0.25, 0.3) is 0 Å². The lowest BCUT2D eigenvalue weighted by atomic mass is 9.80. The summed E-state index contributed by atoms with van der Waals surface area (Å²) in [5.41, 5.74) is 6.28. The lowest BCUT2D eigenvalue weighted by Gasteiger charge is -2.44. The Bertz CT molecular complexity index is 246. The number of hydrogen-bond donors (Lipinski definition) is 2. The van der Waals surface area contributed by atoms with E-state index in [0.717, 1.165) is 13.1 Å². The van der Waals surface area contributed by atoms with Gasteiger partial charge in [0, 0.05) is 18.1 Å². The predicted octanol–water partition coefficient (Wildman–Crippen LogP) is 1.97. The Morgan fingerprint density at radius 1 is 1.11 bits per heavy atom. The van der Waals surface area contributed by atoms with E-state index in [1.54, 1.807) is 0 Å². The number of nitrogens with two attached hydrogens (primary N) is 1. The van der Waals surface area contributed by atoms with Crippen LogP contribution in [0.1, 0.15) is 51.4 Å². The normalized spacial score (nSPS) is 32.0. The van der Waals surface area contributed by atoms with Crippen LogP contribution in [0.4, 0.5) is 0 Å². The molecule has 106 valence electrons. The van der Waals surface area contributed by atoms with Crippen LogP contribution in [0.5, 0.6) is 0 Å². The Balaban J connectivity index is 1.89. The molecule has 2 aliphatic carbocycles. The van der Waals surface area contributed by atoms with Gasteiger partial charge < -0.3 is 16.0 Å². The van der Waals surface area contributed by atoms with E-state index in [0.29, 0.717) is 17.5 Å². The van der Waals surface area contributed by atoms with Gasteiger partial charge in [-0.3, -0.25) is 0 Å². The fourth-order valence-corrected chi connectivity index (χ4v) is 3.90. The van der Waals surface area contributed by atoms with Crippen molar-refractivity contribution < 1.29 is 0 Å². The first-order valence-corrected chi connectivity index (χ1v) is 7.79. The third-order valence-corrected chi connectivity index (χ3v) is 5.39. The first-order chi connectivity index (χ1) is 8.68. The molecule has 2 saturated carbocycles. The molecule has 2 rings (SSSR count). The van der Waals surface area contributed by atoms with Gasteiger partial charge in [-0.05, 0) is 52.2 Å². The van der Waals surface area contributed by atoms with Gasteiger partial charge in [0.05, 0.1) is 0 Å². The molecule has 0 aliphatic heterocycles. The summed E-state index contributed by atoms with van der Waals surface area (Å²) in [6, 6.07) is 0.675. The Morgan fingerprint density at radius 2 is 1.83 bits per heavy atom. The van der Waals surface area contributed by atoms with E-state index in [1.807, 2.05) is 0 Å². The van der Waals surface area contributed by atoms with Gasteiger partial charge in [0.2, 0.25) is 0 Å². The summed E-state index contributed by atoms with van der Waals surface area (Å²) in [6.45, 7) is 2.01. The maximum absolute atomic E-state index is 5.88. The highest BCUT2D eigenvalue weighted by molar-refractivity contribution is 4.95. The highest BCUT2D eigenvalue weighted by atomic mass is 15.2. The van der Waals surface area contributed by atoms with Crippen LogP contribution in [0.3, 0.4) is 0 Å².